The maximum atomic E-state index is 14.0. The molecule has 0 saturated carbocycles. The molecule has 2 aromatic rings. The van der Waals surface area contributed by atoms with E-state index in [0.29, 0.717) is 11.3 Å². The molecule has 0 spiro atoms. The molecular weight excluding hydrogens is 370 g/mol. The molecule has 3 rings (SSSR count). The lowest BCUT2D eigenvalue weighted by molar-refractivity contribution is -0.122. The quantitative estimate of drug-likeness (QED) is 0.837. The van der Waals surface area contributed by atoms with Gasteiger partial charge in [-0.25, -0.2) is 13.6 Å². The third-order valence-corrected chi connectivity index (χ3v) is 4.33. The third-order valence-electron chi connectivity index (χ3n) is 4.33. The summed E-state index contributed by atoms with van der Waals surface area (Å²) in [5.74, 6) is -2.59. The first kappa shape index (κ1) is 19.2. The van der Waals surface area contributed by atoms with Crippen LogP contribution < -0.4 is 10.6 Å². The topological polar surface area (TPSA) is 111 Å². The van der Waals surface area contributed by atoms with E-state index in [2.05, 4.69) is 20.8 Å². The summed E-state index contributed by atoms with van der Waals surface area (Å²) in [6.07, 6.45) is 0. The molecule has 1 aliphatic heterocycles. The van der Waals surface area contributed by atoms with Crippen molar-refractivity contribution in [1.29, 1.82) is 5.26 Å². The molecule has 1 aliphatic rings. The second kappa shape index (κ2) is 7.56. The van der Waals surface area contributed by atoms with Gasteiger partial charge in [-0.3, -0.25) is 4.79 Å². The molecule has 28 heavy (non-hydrogen) atoms. The van der Waals surface area contributed by atoms with Crippen LogP contribution in [0.2, 0.25) is 0 Å². The van der Waals surface area contributed by atoms with Crippen LogP contribution in [0.25, 0.3) is 0 Å². The van der Waals surface area contributed by atoms with Crippen molar-refractivity contribution in [3.8, 4) is 6.07 Å². The zero-order chi connectivity index (χ0) is 20.4. The summed E-state index contributed by atoms with van der Waals surface area (Å²) in [4.78, 5) is 25.5. The van der Waals surface area contributed by atoms with E-state index in [4.69, 9.17) is 5.26 Å². The normalized spacial score (nSPS) is 14.0. The number of urea groups is 1. The number of carbonyl (C=O) groups is 2. The SMILES string of the molecule is Cc1cc(C#N)nnc1[C@@H](C)NC(=O)CN1Cc2c(ccc(F)c2F)NC1=O. The fourth-order valence-electron chi connectivity index (χ4n) is 2.96. The van der Waals surface area contributed by atoms with Gasteiger partial charge >= 0.3 is 6.03 Å². The molecular formula is C18H16F2N6O2. The van der Waals surface area contributed by atoms with Crippen LogP contribution in [0.4, 0.5) is 19.3 Å². The first-order valence-corrected chi connectivity index (χ1v) is 8.36. The number of benzene rings is 1. The fourth-order valence-corrected chi connectivity index (χ4v) is 2.96. The first-order chi connectivity index (χ1) is 13.3. The average molecular weight is 386 g/mol. The van der Waals surface area contributed by atoms with E-state index in [-0.39, 0.29) is 30.0 Å². The summed E-state index contributed by atoms with van der Waals surface area (Å²) in [6, 6.07) is 4.53. The summed E-state index contributed by atoms with van der Waals surface area (Å²) in [7, 11) is 0. The van der Waals surface area contributed by atoms with Crippen LogP contribution in [0.1, 0.15) is 35.5 Å². The van der Waals surface area contributed by atoms with Crippen molar-refractivity contribution in [1.82, 2.24) is 20.4 Å². The number of fused-ring (bicyclic) bond motifs is 1. The Morgan fingerprint density at radius 2 is 2.18 bits per heavy atom. The number of nitrogens with one attached hydrogen (secondary N) is 2. The summed E-state index contributed by atoms with van der Waals surface area (Å²) >= 11 is 0. The second-order valence-corrected chi connectivity index (χ2v) is 6.37. The number of nitriles is 1. The van der Waals surface area contributed by atoms with Crippen molar-refractivity contribution >= 4 is 17.6 Å². The van der Waals surface area contributed by atoms with Crippen LogP contribution >= 0.6 is 0 Å². The van der Waals surface area contributed by atoms with E-state index < -0.39 is 29.6 Å². The molecule has 8 nitrogen and oxygen atoms in total. The van der Waals surface area contributed by atoms with Gasteiger partial charge in [0.1, 0.15) is 12.6 Å². The van der Waals surface area contributed by atoms with Gasteiger partial charge < -0.3 is 15.5 Å². The molecule has 0 bridgehead atoms. The number of aryl methyl sites for hydroxylation is 1. The average Bonchev–Trinajstić information content (AvgIpc) is 2.65. The van der Waals surface area contributed by atoms with Gasteiger partial charge in [0.25, 0.3) is 0 Å². The summed E-state index contributed by atoms with van der Waals surface area (Å²) in [5.41, 5.74) is 1.49. The van der Waals surface area contributed by atoms with Crippen molar-refractivity contribution in [2.75, 3.05) is 11.9 Å². The number of nitrogens with zero attached hydrogens (tertiary/aromatic N) is 4. The highest BCUT2D eigenvalue weighted by Crippen LogP contribution is 2.27. The highest BCUT2D eigenvalue weighted by molar-refractivity contribution is 5.94. The van der Waals surface area contributed by atoms with E-state index in [1.165, 1.54) is 6.07 Å². The minimum Gasteiger partial charge on any atom is -0.346 e. The lowest BCUT2D eigenvalue weighted by atomic mass is 10.1. The van der Waals surface area contributed by atoms with Gasteiger partial charge in [0.05, 0.1) is 24.0 Å². The summed E-state index contributed by atoms with van der Waals surface area (Å²) < 4.78 is 27.4. The Balaban J connectivity index is 1.68. The summed E-state index contributed by atoms with van der Waals surface area (Å²) in [5, 5.41) is 21.6. The molecule has 1 aromatic heterocycles. The molecule has 0 aliphatic carbocycles. The van der Waals surface area contributed by atoms with Gasteiger partial charge in [-0.15, -0.1) is 5.10 Å². The lowest BCUT2D eigenvalue weighted by Crippen LogP contribution is -2.45. The molecule has 0 fully saturated rings. The minimum atomic E-state index is -1.06. The number of amides is 3. The van der Waals surface area contributed by atoms with E-state index >= 15 is 0 Å². The lowest BCUT2D eigenvalue weighted by Gasteiger charge is -2.29. The van der Waals surface area contributed by atoms with Crippen LogP contribution in [0.15, 0.2) is 18.2 Å². The molecule has 1 atom stereocenters. The Kier molecular flexibility index (Phi) is 5.17. The Bertz CT molecular complexity index is 1000. The number of hydrogen-bond donors (Lipinski definition) is 2. The number of carbonyl (C=O) groups excluding carboxylic acids is 2. The number of hydrogen-bond acceptors (Lipinski definition) is 5. The maximum Gasteiger partial charge on any atom is 0.322 e. The largest absolute Gasteiger partial charge is 0.346 e. The van der Waals surface area contributed by atoms with E-state index in [9.17, 15) is 18.4 Å². The molecule has 0 radical (unpaired) electrons. The Morgan fingerprint density at radius 3 is 2.86 bits per heavy atom. The van der Waals surface area contributed by atoms with Crippen LogP contribution in [0.5, 0.6) is 0 Å². The van der Waals surface area contributed by atoms with E-state index in [1.54, 1.807) is 19.9 Å². The Labute approximate surface area is 159 Å². The van der Waals surface area contributed by atoms with Crippen LogP contribution in [0.3, 0.4) is 0 Å². The molecule has 3 amide bonds. The van der Waals surface area contributed by atoms with E-state index in [1.807, 2.05) is 6.07 Å². The minimum absolute atomic E-state index is 0.0192. The molecule has 10 heteroatoms. The van der Waals surface area contributed by atoms with Gasteiger partial charge in [0.15, 0.2) is 17.3 Å². The van der Waals surface area contributed by atoms with Crippen molar-refractivity contribution in [3.63, 3.8) is 0 Å². The van der Waals surface area contributed by atoms with Crippen molar-refractivity contribution in [2.24, 2.45) is 0 Å². The fraction of sp³-hybridized carbons (Fsp3) is 0.278. The highest BCUT2D eigenvalue weighted by Gasteiger charge is 2.28. The molecule has 1 aromatic carbocycles. The number of rotatable bonds is 4. The third kappa shape index (κ3) is 3.73. The van der Waals surface area contributed by atoms with Crippen LogP contribution in [-0.2, 0) is 11.3 Å². The Morgan fingerprint density at radius 1 is 1.43 bits per heavy atom. The smallest absolute Gasteiger partial charge is 0.322 e. The number of aromatic nitrogens is 2. The van der Waals surface area contributed by atoms with Gasteiger partial charge in [-0.05, 0) is 37.6 Å². The molecule has 2 N–H and O–H groups in total. The Hall–Kier alpha value is -3.61. The predicted octanol–water partition coefficient (Wildman–Crippen LogP) is 2.16. The molecule has 0 saturated heterocycles. The van der Waals surface area contributed by atoms with Crippen LogP contribution in [-0.4, -0.2) is 33.6 Å². The van der Waals surface area contributed by atoms with Crippen molar-refractivity contribution in [2.45, 2.75) is 26.4 Å². The van der Waals surface area contributed by atoms with Gasteiger partial charge in [-0.2, -0.15) is 10.4 Å². The highest BCUT2D eigenvalue weighted by atomic mass is 19.2. The van der Waals surface area contributed by atoms with Crippen LogP contribution in [0, 0.1) is 29.9 Å². The van der Waals surface area contributed by atoms with Gasteiger partial charge in [0, 0.05) is 5.56 Å². The number of halogens is 2. The van der Waals surface area contributed by atoms with Crippen molar-refractivity contribution in [3.05, 3.63) is 52.3 Å². The zero-order valence-electron chi connectivity index (χ0n) is 15.1. The van der Waals surface area contributed by atoms with Gasteiger partial charge in [-0.1, -0.05) is 0 Å². The monoisotopic (exact) mass is 386 g/mol. The number of anilines is 1. The second-order valence-electron chi connectivity index (χ2n) is 6.37. The molecule has 2 heterocycles. The van der Waals surface area contributed by atoms with Gasteiger partial charge in [0.2, 0.25) is 5.91 Å². The molecule has 0 unspecified atom stereocenters. The maximum absolute atomic E-state index is 14.0. The zero-order valence-corrected chi connectivity index (χ0v) is 15.1. The van der Waals surface area contributed by atoms with E-state index in [0.717, 1.165) is 11.0 Å². The summed E-state index contributed by atoms with van der Waals surface area (Å²) in [6.45, 7) is 2.83. The first-order valence-electron chi connectivity index (χ1n) is 8.36. The standard InChI is InChI=1S/C18H16F2N6O2/c1-9-5-11(6-21)24-25-17(9)10(2)22-15(27)8-26-7-12-14(23-18(26)28)4-3-13(19)16(12)20/h3-5,10H,7-8H2,1-2H3,(H,22,27)(H,23,28)/t10-/m1/s1. The molecule has 144 valence electrons. The van der Waals surface area contributed by atoms with Crippen molar-refractivity contribution < 1.29 is 18.4 Å². The predicted molar refractivity (Wildman–Crippen MR) is 93.8 cm³/mol.